The van der Waals surface area contributed by atoms with E-state index < -0.39 is 6.55 Å². The van der Waals surface area contributed by atoms with E-state index in [2.05, 4.69) is 0 Å². The molecular weight excluding hydrogens is 168 g/mol. The maximum absolute atomic E-state index is 12.2. The van der Waals surface area contributed by atoms with E-state index in [-0.39, 0.29) is 11.3 Å². The van der Waals surface area contributed by atoms with Gasteiger partial charge in [-0.2, -0.15) is 8.78 Å². The molecule has 1 heterocycles. The highest BCUT2D eigenvalue weighted by molar-refractivity contribution is 8.02. The van der Waals surface area contributed by atoms with Gasteiger partial charge in [-0.3, -0.25) is 0 Å². The van der Waals surface area contributed by atoms with Crippen molar-refractivity contribution in [3.8, 4) is 0 Å². The van der Waals surface area contributed by atoms with Crippen LogP contribution in [0.2, 0.25) is 0 Å². The summed E-state index contributed by atoms with van der Waals surface area (Å²) in [7, 11) is 0. The molecule has 0 amide bonds. The number of hydrogen-bond donors (Lipinski definition) is 0. The van der Waals surface area contributed by atoms with Crippen LogP contribution in [-0.2, 0) is 0 Å². The summed E-state index contributed by atoms with van der Waals surface area (Å²) in [5.74, 6) is 0.254. The second-order valence-electron chi connectivity index (χ2n) is 2.78. The largest absolute Gasteiger partial charge is 0.315 e. The first kappa shape index (κ1) is 8.84. The second-order valence-corrected chi connectivity index (χ2v) is 3.81. The van der Waals surface area contributed by atoms with Gasteiger partial charge >= 0.3 is 6.55 Å². The van der Waals surface area contributed by atoms with Crippen LogP contribution in [0, 0.1) is 5.92 Å². The lowest BCUT2D eigenvalue weighted by atomic mass is 10.2. The lowest BCUT2D eigenvalue weighted by Crippen LogP contribution is -2.33. The van der Waals surface area contributed by atoms with Gasteiger partial charge in [-0.15, -0.1) is 11.8 Å². The van der Waals surface area contributed by atoms with E-state index in [0.717, 1.165) is 4.90 Å². The van der Waals surface area contributed by atoms with E-state index in [1.165, 1.54) is 18.0 Å². The van der Waals surface area contributed by atoms with Crippen LogP contribution in [0.25, 0.3) is 0 Å². The number of thioether (sulfide) groups is 1. The average molecular weight is 179 g/mol. The molecule has 0 radical (unpaired) electrons. The number of alkyl halides is 2. The predicted molar refractivity (Wildman–Crippen MR) is 43.2 cm³/mol. The van der Waals surface area contributed by atoms with Crippen molar-refractivity contribution in [3.63, 3.8) is 0 Å². The quantitative estimate of drug-likeness (QED) is 0.599. The van der Waals surface area contributed by atoms with Crippen molar-refractivity contribution in [1.29, 1.82) is 0 Å². The molecule has 1 nitrogen and oxygen atoms in total. The van der Waals surface area contributed by atoms with E-state index in [1.807, 2.05) is 13.8 Å². The zero-order chi connectivity index (χ0) is 8.43. The number of hydrogen-bond acceptors (Lipinski definition) is 2. The minimum Gasteiger partial charge on any atom is -0.309 e. The Balaban J connectivity index is 2.56. The minimum atomic E-state index is -2.37. The first-order valence-corrected chi connectivity index (χ1v) is 4.45. The van der Waals surface area contributed by atoms with Gasteiger partial charge in [-0.25, -0.2) is 0 Å². The van der Waals surface area contributed by atoms with Crippen molar-refractivity contribution in [2.45, 2.75) is 25.8 Å². The van der Waals surface area contributed by atoms with Crippen LogP contribution in [0.5, 0.6) is 0 Å². The van der Waals surface area contributed by atoms with Crippen LogP contribution in [0.3, 0.4) is 0 Å². The maximum Gasteiger partial charge on any atom is 0.315 e. The molecule has 0 N–H and O–H groups in total. The Morgan fingerprint density at radius 2 is 2.09 bits per heavy atom. The summed E-state index contributed by atoms with van der Waals surface area (Å²) in [5, 5.41) is 1.63. The molecule has 1 atom stereocenters. The third kappa shape index (κ3) is 1.86. The van der Waals surface area contributed by atoms with Crippen LogP contribution >= 0.6 is 11.8 Å². The molecule has 0 bridgehead atoms. The van der Waals surface area contributed by atoms with E-state index in [0.29, 0.717) is 0 Å². The number of halogens is 2. The zero-order valence-corrected chi connectivity index (χ0v) is 7.31. The fraction of sp³-hybridized carbons (Fsp3) is 0.714. The molecule has 1 aliphatic rings. The van der Waals surface area contributed by atoms with Gasteiger partial charge < -0.3 is 4.90 Å². The van der Waals surface area contributed by atoms with Crippen LogP contribution in [-0.4, -0.2) is 16.8 Å². The molecular formula is C7H11F2NS. The number of nitrogens with zero attached hydrogens (tertiary/aromatic N) is 1. The van der Waals surface area contributed by atoms with Crippen LogP contribution in [0.1, 0.15) is 13.8 Å². The Morgan fingerprint density at radius 3 is 2.45 bits per heavy atom. The van der Waals surface area contributed by atoms with E-state index in [9.17, 15) is 8.78 Å². The summed E-state index contributed by atoms with van der Waals surface area (Å²) in [5.41, 5.74) is 0. The zero-order valence-electron chi connectivity index (χ0n) is 6.50. The van der Waals surface area contributed by atoms with E-state index in [4.69, 9.17) is 0 Å². The monoisotopic (exact) mass is 179 g/mol. The van der Waals surface area contributed by atoms with Gasteiger partial charge in [-0.05, 0) is 11.3 Å². The Bertz CT molecular complexity index is 159. The molecule has 0 saturated carbocycles. The highest BCUT2D eigenvalue weighted by atomic mass is 32.2. The lowest BCUT2D eigenvalue weighted by molar-refractivity contribution is -0.00653. The third-order valence-corrected chi connectivity index (χ3v) is 2.89. The smallest absolute Gasteiger partial charge is 0.309 e. The Hall–Kier alpha value is -0.250. The molecule has 0 aliphatic carbocycles. The van der Waals surface area contributed by atoms with Gasteiger partial charge in [-0.1, -0.05) is 13.8 Å². The molecule has 1 unspecified atom stereocenters. The van der Waals surface area contributed by atoms with Crippen molar-refractivity contribution < 1.29 is 8.78 Å². The van der Waals surface area contributed by atoms with Crippen molar-refractivity contribution in [3.05, 3.63) is 11.6 Å². The summed E-state index contributed by atoms with van der Waals surface area (Å²) < 4.78 is 24.4. The van der Waals surface area contributed by atoms with Crippen LogP contribution < -0.4 is 0 Å². The van der Waals surface area contributed by atoms with Crippen LogP contribution in [0.4, 0.5) is 8.78 Å². The molecule has 0 aromatic rings. The van der Waals surface area contributed by atoms with Crippen LogP contribution in [0.15, 0.2) is 11.6 Å². The second kappa shape index (κ2) is 3.43. The summed E-state index contributed by atoms with van der Waals surface area (Å²) >= 11 is 1.45. The standard InChI is InChI=1S/C7H11F2NS/c1-5(2)6-10(7(8)9)3-4-11-6/h3-7H,1-2H3. The molecule has 0 saturated heterocycles. The van der Waals surface area contributed by atoms with Crippen molar-refractivity contribution in [2.75, 3.05) is 0 Å². The normalized spacial score (nSPS) is 24.2. The Kier molecular flexibility index (Phi) is 2.76. The van der Waals surface area contributed by atoms with Gasteiger partial charge in [0.15, 0.2) is 0 Å². The van der Waals surface area contributed by atoms with Gasteiger partial charge in [0.2, 0.25) is 0 Å². The summed E-state index contributed by atoms with van der Waals surface area (Å²) in [6.07, 6.45) is 1.46. The predicted octanol–water partition coefficient (Wildman–Crippen LogP) is 2.71. The summed E-state index contributed by atoms with van der Waals surface area (Å²) in [6, 6.07) is 0. The molecule has 64 valence electrons. The molecule has 0 fully saturated rings. The van der Waals surface area contributed by atoms with Gasteiger partial charge in [0.25, 0.3) is 0 Å². The molecule has 11 heavy (non-hydrogen) atoms. The first-order valence-electron chi connectivity index (χ1n) is 3.50. The Labute approximate surface area is 69.4 Å². The third-order valence-electron chi connectivity index (χ3n) is 1.54. The molecule has 1 aliphatic heterocycles. The molecule has 1 rings (SSSR count). The summed E-state index contributed by atoms with van der Waals surface area (Å²) in [6.45, 7) is 1.52. The topological polar surface area (TPSA) is 3.24 Å². The van der Waals surface area contributed by atoms with Crippen molar-refractivity contribution in [1.82, 2.24) is 4.90 Å². The van der Waals surface area contributed by atoms with Gasteiger partial charge in [0.1, 0.15) is 0 Å². The number of rotatable bonds is 2. The first-order chi connectivity index (χ1) is 5.13. The molecule has 0 aromatic heterocycles. The fourth-order valence-corrected chi connectivity index (χ4v) is 2.01. The maximum atomic E-state index is 12.2. The molecule has 4 heteroatoms. The van der Waals surface area contributed by atoms with Crippen molar-refractivity contribution in [2.24, 2.45) is 5.92 Å². The fourth-order valence-electron chi connectivity index (χ4n) is 1.02. The Morgan fingerprint density at radius 1 is 1.45 bits per heavy atom. The minimum absolute atomic E-state index is 0.0880. The highest BCUT2D eigenvalue weighted by Gasteiger charge is 2.28. The van der Waals surface area contributed by atoms with Crippen molar-refractivity contribution >= 4 is 11.8 Å². The van der Waals surface area contributed by atoms with Gasteiger partial charge in [0, 0.05) is 6.20 Å². The molecule has 0 spiro atoms. The highest BCUT2D eigenvalue weighted by Crippen LogP contribution is 2.32. The van der Waals surface area contributed by atoms with E-state index >= 15 is 0 Å². The molecule has 0 aromatic carbocycles. The SMILES string of the molecule is CC(C)C1SC=CN1C(F)F. The average Bonchev–Trinajstić information content (AvgIpc) is 2.32. The van der Waals surface area contributed by atoms with E-state index in [1.54, 1.807) is 5.41 Å². The summed E-state index contributed by atoms with van der Waals surface area (Å²) in [4.78, 5) is 1.09. The van der Waals surface area contributed by atoms with Gasteiger partial charge in [0.05, 0.1) is 5.37 Å². The lowest BCUT2D eigenvalue weighted by Gasteiger charge is -2.26.